The van der Waals surface area contributed by atoms with Crippen molar-refractivity contribution in [1.82, 2.24) is 21.3 Å². The minimum absolute atomic E-state index is 0.0148. The molecule has 0 saturated heterocycles. The Kier molecular flexibility index (Phi) is 14.4. The zero-order chi connectivity index (χ0) is 42.6. The molecule has 0 unspecified atom stereocenters. The van der Waals surface area contributed by atoms with Gasteiger partial charge in [-0.05, 0) is 51.6 Å². The van der Waals surface area contributed by atoms with Gasteiger partial charge >= 0.3 is 5.97 Å². The number of carboxylic acid groups (broad SMARTS) is 1. The van der Waals surface area contributed by atoms with Crippen molar-refractivity contribution in [3.05, 3.63) is 161 Å². The van der Waals surface area contributed by atoms with Crippen molar-refractivity contribution in [2.24, 2.45) is 0 Å². The molecule has 0 radical (unpaired) electrons. The Hall–Kier alpha value is -6.83. The van der Waals surface area contributed by atoms with Crippen LogP contribution in [0, 0.1) is 0 Å². The van der Waals surface area contributed by atoms with Crippen LogP contribution in [0.15, 0.2) is 133 Å². The minimum atomic E-state index is -1.81. The zero-order valence-electron chi connectivity index (χ0n) is 32.3. The van der Waals surface area contributed by atoms with Gasteiger partial charge in [-0.15, -0.1) is 0 Å². The number of carbonyl (C=O) groups is 6. The number of nitrogens with one attached hydrogen (secondary N) is 5. The Morgan fingerprint density at radius 2 is 1.07 bits per heavy atom. The lowest BCUT2D eigenvalue weighted by atomic mass is 9.98. The lowest BCUT2D eigenvalue weighted by molar-refractivity contribution is -0.142. The number of anilines is 1. The van der Waals surface area contributed by atoms with Gasteiger partial charge in [0.1, 0.15) is 30.3 Å². The first kappa shape index (κ1) is 42.8. The number of hydrogen-bond donors (Lipinski definition) is 7. The third-order valence-electron chi connectivity index (χ3n) is 10.0. The fourth-order valence-corrected chi connectivity index (χ4v) is 7.00. The molecule has 0 spiro atoms. The lowest BCUT2D eigenvalue weighted by Gasteiger charge is -2.27. The summed E-state index contributed by atoms with van der Waals surface area (Å²) in [5.41, 5.74) is 4.48. The van der Waals surface area contributed by atoms with E-state index in [0.717, 1.165) is 11.1 Å². The lowest BCUT2D eigenvalue weighted by Crippen LogP contribution is -2.59. The molecule has 2 heterocycles. The predicted molar refractivity (Wildman–Crippen MR) is 226 cm³/mol. The molecule has 5 amide bonds. The highest BCUT2D eigenvalue weighted by Crippen LogP contribution is 2.21. The van der Waals surface area contributed by atoms with Gasteiger partial charge in [0.15, 0.2) is 0 Å². The first-order valence-corrected chi connectivity index (χ1v) is 19.7. The minimum Gasteiger partial charge on any atom is -0.480 e. The van der Waals surface area contributed by atoms with Crippen molar-refractivity contribution in [2.75, 3.05) is 5.32 Å². The second-order valence-corrected chi connectivity index (χ2v) is 14.9. The van der Waals surface area contributed by atoms with Gasteiger partial charge in [0.05, 0.1) is 6.42 Å². The van der Waals surface area contributed by atoms with E-state index in [1.807, 2.05) is 54.6 Å². The molecule has 60 heavy (non-hydrogen) atoms. The highest BCUT2D eigenvalue weighted by atomic mass is 35.5. The van der Waals surface area contributed by atoms with E-state index >= 15 is 0 Å². The molecule has 308 valence electrons. The first-order chi connectivity index (χ1) is 28.9. The molecule has 5 atom stereocenters. The highest BCUT2D eigenvalue weighted by Gasteiger charge is 2.33. The van der Waals surface area contributed by atoms with Crippen LogP contribution in [0.2, 0.25) is 5.02 Å². The Bertz CT molecular complexity index is 2310. The summed E-state index contributed by atoms with van der Waals surface area (Å²) in [6.45, 7) is 0. The summed E-state index contributed by atoms with van der Waals surface area (Å²) in [5, 5.41) is 34.4. The maximum atomic E-state index is 14.5. The number of amides is 5. The maximum absolute atomic E-state index is 14.5. The molecule has 5 aromatic carbocycles. The van der Waals surface area contributed by atoms with Crippen molar-refractivity contribution < 1.29 is 39.0 Å². The number of fused-ring (bicyclic) bond motifs is 18. The molecule has 2 aliphatic heterocycles. The van der Waals surface area contributed by atoms with Gasteiger partial charge in [0.25, 0.3) is 5.91 Å². The van der Waals surface area contributed by atoms with Gasteiger partial charge in [-0.2, -0.15) is 0 Å². The number of rotatable bonds is 8. The van der Waals surface area contributed by atoms with Gasteiger partial charge in [0, 0.05) is 36.4 Å². The molecular weight excluding hydrogens is 786 g/mol. The summed E-state index contributed by atoms with van der Waals surface area (Å²) in [4.78, 5) is 81.6. The monoisotopic (exact) mass is 829 g/mol. The number of hydrogen-bond acceptors (Lipinski definition) is 7. The third-order valence-corrected chi connectivity index (χ3v) is 10.4. The fraction of sp³-hybridized carbons (Fsp3) is 0.217. The van der Waals surface area contributed by atoms with Crippen LogP contribution in [0.4, 0.5) is 5.69 Å². The number of aliphatic hydroxyl groups excluding tert-OH is 1. The van der Waals surface area contributed by atoms with Crippen LogP contribution in [0.5, 0.6) is 0 Å². The van der Waals surface area contributed by atoms with E-state index < -0.39 is 72.2 Å². The van der Waals surface area contributed by atoms with E-state index in [9.17, 15) is 39.0 Å². The van der Waals surface area contributed by atoms with Crippen molar-refractivity contribution in [3.63, 3.8) is 0 Å². The summed E-state index contributed by atoms with van der Waals surface area (Å²) in [5.74, 6) is -5.37. The van der Waals surface area contributed by atoms with Crippen LogP contribution < -0.4 is 26.6 Å². The van der Waals surface area contributed by atoms with Gasteiger partial charge in [-0.3, -0.25) is 24.0 Å². The molecule has 0 saturated carbocycles. The van der Waals surface area contributed by atoms with Crippen LogP contribution in [-0.2, 0) is 54.5 Å². The number of halogens is 1. The van der Waals surface area contributed by atoms with Gasteiger partial charge in [0.2, 0.25) is 23.6 Å². The normalized spacial score (nSPS) is 20.7. The van der Waals surface area contributed by atoms with Crippen molar-refractivity contribution in [2.45, 2.75) is 62.4 Å². The van der Waals surface area contributed by atoms with E-state index in [4.69, 9.17) is 11.6 Å². The van der Waals surface area contributed by atoms with Crippen LogP contribution in [-0.4, -0.2) is 76.0 Å². The molecule has 0 aliphatic carbocycles. The molecule has 0 fully saturated rings. The number of carbonyl (C=O) groups excluding carboxylic acids is 5. The summed E-state index contributed by atoms with van der Waals surface area (Å²) >= 11 is 6.47. The summed E-state index contributed by atoms with van der Waals surface area (Å²) in [6.07, 6.45) is -2.85. The summed E-state index contributed by atoms with van der Waals surface area (Å²) in [6, 6.07) is 33.3. The second-order valence-electron chi connectivity index (χ2n) is 14.5. The average Bonchev–Trinajstić information content (AvgIpc) is 3.24. The van der Waals surface area contributed by atoms with E-state index in [0.29, 0.717) is 27.3 Å². The molecule has 7 rings (SSSR count). The smallest absolute Gasteiger partial charge is 0.326 e. The fourth-order valence-electron chi connectivity index (χ4n) is 6.79. The first-order valence-electron chi connectivity index (χ1n) is 19.3. The second kappa shape index (κ2) is 20.2. The van der Waals surface area contributed by atoms with Crippen LogP contribution in [0.3, 0.4) is 0 Å². The average molecular weight is 830 g/mol. The van der Waals surface area contributed by atoms with E-state index in [2.05, 4.69) is 26.6 Å². The number of benzene rings is 5. The molecule has 14 heteroatoms. The summed E-state index contributed by atoms with van der Waals surface area (Å²) in [7, 11) is 0. The number of carboxylic acids is 1. The highest BCUT2D eigenvalue weighted by molar-refractivity contribution is 6.31. The SMILES string of the molecule is O=C1C[C@@H](O)C(=O)Nc2ccc(cc2)C[C@@H](C(=O)O)NC(=O)[C@@H](Cc2ccccc2)NC(=O)[C@H](Cc2ccc(-c3ccccc3)cc2)NC(=O)[C@@H](Cc2ccccc2Cl)N1. The summed E-state index contributed by atoms with van der Waals surface area (Å²) < 4.78 is 0. The number of aliphatic hydroxyl groups is 1. The molecule has 2 aliphatic rings. The maximum Gasteiger partial charge on any atom is 0.326 e. The van der Waals surface area contributed by atoms with Crippen molar-refractivity contribution in [3.8, 4) is 11.1 Å². The zero-order valence-corrected chi connectivity index (χ0v) is 33.1. The topological polar surface area (TPSA) is 203 Å². The Labute approximate surface area is 351 Å². The van der Waals surface area contributed by atoms with Gasteiger partial charge in [-0.1, -0.05) is 127 Å². The molecule has 5 aromatic rings. The largest absolute Gasteiger partial charge is 0.480 e. The van der Waals surface area contributed by atoms with E-state index in [-0.39, 0.29) is 31.4 Å². The van der Waals surface area contributed by atoms with Gasteiger partial charge < -0.3 is 36.8 Å². The predicted octanol–water partition coefficient (Wildman–Crippen LogP) is 4.00. The molecule has 2 bridgehead atoms. The standard InChI is InChI=1S/C46H44ClN5O8/c47-35-14-8-7-13-33(35)26-38-44(57)51-37(24-29-15-19-32(20-16-29)31-11-5-2-6-12-31)42(55)50-36(23-28-9-3-1-4-10-28)43(56)52-39(46(59)60)25-30-17-21-34(22-18-30)48-45(58)40(53)27-41(54)49-38/h1-22,36-40,53H,23-27H2,(H,48,58)(H,49,54)(H,50,55)(H,51,57)(H,52,56)(H,59,60)/t36-,37+,38-,39+,40-/m1/s1. The Morgan fingerprint density at radius 1 is 0.550 bits per heavy atom. The third kappa shape index (κ3) is 11.9. The van der Waals surface area contributed by atoms with E-state index in [1.54, 1.807) is 66.7 Å². The van der Waals surface area contributed by atoms with Crippen LogP contribution >= 0.6 is 11.6 Å². The number of aliphatic carboxylic acids is 1. The van der Waals surface area contributed by atoms with Crippen LogP contribution in [0.1, 0.15) is 28.7 Å². The molecular formula is C46H44ClN5O8. The van der Waals surface area contributed by atoms with Crippen molar-refractivity contribution in [1.29, 1.82) is 0 Å². The Morgan fingerprint density at radius 3 is 1.67 bits per heavy atom. The van der Waals surface area contributed by atoms with Crippen molar-refractivity contribution >= 4 is 52.8 Å². The molecule has 0 aromatic heterocycles. The van der Waals surface area contributed by atoms with Gasteiger partial charge in [-0.25, -0.2) is 4.79 Å². The quantitative estimate of drug-likeness (QED) is 0.114. The van der Waals surface area contributed by atoms with E-state index in [1.165, 1.54) is 12.1 Å². The molecule has 13 nitrogen and oxygen atoms in total. The Balaban J connectivity index is 1.37. The molecule has 7 N–H and O–H groups in total. The van der Waals surface area contributed by atoms with Crippen LogP contribution in [0.25, 0.3) is 11.1 Å².